The standard InChI is InChI=1S/C5H9IO/c1-5(6)3-2-4-7/h3,7H,2,4H2,1H3/b5-3+. The quantitative estimate of drug-likeness (QED) is 0.690. The maximum atomic E-state index is 8.27. The lowest BCUT2D eigenvalue weighted by Crippen LogP contribution is -1.74. The van der Waals surface area contributed by atoms with E-state index in [4.69, 9.17) is 5.11 Å². The highest BCUT2D eigenvalue weighted by Crippen LogP contribution is 2.02. The molecule has 0 saturated heterocycles. The fourth-order valence-corrected chi connectivity index (χ4v) is 0.575. The van der Waals surface area contributed by atoms with Crippen LogP contribution in [-0.2, 0) is 0 Å². The second-order valence-electron chi connectivity index (χ2n) is 1.30. The number of hydrogen-bond donors (Lipinski definition) is 1. The van der Waals surface area contributed by atoms with Crippen LogP contribution in [0.3, 0.4) is 0 Å². The third-order valence-corrected chi connectivity index (χ3v) is 0.995. The molecular formula is C5H9IO. The molecule has 0 aliphatic heterocycles. The van der Waals surface area contributed by atoms with Crippen LogP contribution in [0.4, 0.5) is 0 Å². The molecule has 0 bridgehead atoms. The van der Waals surface area contributed by atoms with Crippen LogP contribution in [0.1, 0.15) is 13.3 Å². The number of halogens is 1. The summed E-state index contributed by atoms with van der Waals surface area (Å²) in [4.78, 5) is 0. The predicted octanol–water partition coefficient (Wildman–Crippen LogP) is 1.71. The van der Waals surface area contributed by atoms with E-state index < -0.39 is 0 Å². The van der Waals surface area contributed by atoms with E-state index in [1.165, 1.54) is 3.58 Å². The SMILES string of the molecule is C/C(I)=C\CCO. The topological polar surface area (TPSA) is 20.2 Å². The summed E-state index contributed by atoms with van der Waals surface area (Å²) in [5.74, 6) is 0. The third kappa shape index (κ3) is 6.43. The van der Waals surface area contributed by atoms with Gasteiger partial charge in [0.05, 0.1) is 0 Å². The van der Waals surface area contributed by atoms with Crippen LogP contribution in [0.15, 0.2) is 9.66 Å². The summed E-state index contributed by atoms with van der Waals surface area (Å²) >= 11 is 2.22. The lowest BCUT2D eigenvalue weighted by atomic mass is 10.4. The van der Waals surface area contributed by atoms with E-state index in [1.54, 1.807) is 0 Å². The van der Waals surface area contributed by atoms with Crippen molar-refractivity contribution in [1.82, 2.24) is 0 Å². The Labute approximate surface area is 57.6 Å². The molecule has 0 atom stereocenters. The highest BCUT2D eigenvalue weighted by molar-refractivity contribution is 14.1. The Hall–Kier alpha value is 0.430. The molecule has 0 aromatic rings. The summed E-state index contributed by atoms with van der Waals surface area (Å²) in [5.41, 5.74) is 0. The number of aliphatic hydroxyl groups is 1. The van der Waals surface area contributed by atoms with E-state index in [2.05, 4.69) is 22.6 Å². The molecule has 0 rings (SSSR count). The van der Waals surface area contributed by atoms with Gasteiger partial charge >= 0.3 is 0 Å². The molecular weight excluding hydrogens is 203 g/mol. The Morgan fingerprint density at radius 1 is 1.86 bits per heavy atom. The van der Waals surface area contributed by atoms with Crippen LogP contribution in [0.25, 0.3) is 0 Å². The van der Waals surface area contributed by atoms with Gasteiger partial charge in [-0.1, -0.05) is 6.08 Å². The van der Waals surface area contributed by atoms with Gasteiger partial charge in [-0.25, -0.2) is 0 Å². The Balaban J connectivity index is 3.08. The summed E-state index contributed by atoms with van der Waals surface area (Å²) in [7, 11) is 0. The maximum absolute atomic E-state index is 8.27. The minimum absolute atomic E-state index is 0.264. The van der Waals surface area contributed by atoms with Crippen molar-refractivity contribution in [3.8, 4) is 0 Å². The average Bonchev–Trinajstić information content (AvgIpc) is 1.61. The van der Waals surface area contributed by atoms with Gasteiger partial charge in [-0.3, -0.25) is 0 Å². The van der Waals surface area contributed by atoms with E-state index in [9.17, 15) is 0 Å². The zero-order valence-corrected chi connectivity index (χ0v) is 6.47. The summed E-state index contributed by atoms with van der Waals surface area (Å²) in [6.45, 7) is 2.27. The molecule has 1 nitrogen and oxygen atoms in total. The summed E-state index contributed by atoms with van der Waals surface area (Å²) < 4.78 is 1.24. The minimum Gasteiger partial charge on any atom is -0.396 e. The number of allylic oxidation sites excluding steroid dienone is 1. The fourth-order valence-electron chi connectivity index (χ4n) is 0.263. The molecule has 0 aliphatic carbocycles. The first-order valence-electron chi connectivity index (χ1n) is 2.20. The van der Waals surface area contributed by atoms with Crippen LogP contribution >= 0.6 is 22.6 Å². The zero-order valence-electron chi connectivity index (χ0n) is 4.32. The molecule has 42 valence electrons. The molecule has 0 aliphatic rings. The van der Waals surface area contributed by atoms with Crippen molar-refractivity contribution in [1.29, 1.82) is 0 Å². The summed E-state index contributed by atoms with van der Waals surface area (Å²) in [5, 5.41) is 8.27. The van der Waals surface area contributed by atoms with Crippen molar-refractivity contribution < 1.29 is 5.11 Å². The number of hydrogen-bond acceptors (Lipinski definition) is 1. The summed E-state index contributed by atoms with van der Waals surface area (Å²) in [6, 6.07) is 0. The van der Waals surface area contributed by atoms with E-state index in [0.29, 0.717) is 0 Å². The van der Waals surface area contributed by atoms with Crippen LogP contribution in [-0.4, -0.2) is 11.7 Å². The second kappa shape index (κ2) is 4.59. The van der Waals surface area contributed by atoms with Gasteiger partial charge in [0, 0.05) is 6.61 Å². The van der Waals surface area contributed by atoms with Crippen LogP contribution in [0.5, 0.6) is 0 Å². The number of rotatable bonds is 2. The highest BCUT2D eigenvalue weighted by atomic mass is 127. The van der Waals surface area contributed by atoms with Gasteiger partial charge in [0.2, 0.25) is 0 Å². The van der Waals surface area contributed by atoms with Crippen molar-refractivity contribution in [2.75, 3.05) is 6.61 Å². The van der Waals surface area contributed by atoms with Crippen molar-refractivity contribution in [2.45, 2.75) is 13.3 Å². The smallest absolute Gasteiger partial charge is 0.0465 e. The first-order valence-corrected chi connectivity index (χ1v) is 3.28. The van der Waals surface area contributed by atoms with Gasteiger partial charge in [0.25, 0.3) is 0 Å². The Kier molecular flexibility index (Phi) is 4.87. The van der Waals surface area contributed by atoms with Gasteiger partial charge in [-0.15, -0.1) is 0 Å². The molecule has 0 aromatic carbocycles. The molecule has 0 aromatic heterocycles. The molecule has 1 N–H and O–H groups in total. The Bertz CT molecular complexity index is 64.5. The van der Waals surface area contributed by atoms with E-state index >= 15 is 0 Å². The molecule has 0 spiro atoms. The van der Waals surface area contributed by atoms with Gasteiger partial charge in [-0.05, 0) is 39.5 Å². The van der Waals surface area contributed by atoms with Crippen molar-refractivity contribution >= 4 is 22.6 Å². The fraction of sp³-hybridized carbons (Fsp3) is 0.600. The Morgan fingerprint density at radius 2 is 2.43 bits per heavy atom. The molecule has 0 heterocycles. The van der Waals surface area contributed by atoms with Crippen molar-refractivity contribution in [3.05, 3.63) is 9.66 Å². The largest absolute Gasteiger partial charge is 0.396 e. The monoisotopic (exact) mass is 212 g/mol. The van der Waals surface area contributed by atoms with E-state index in [1.807, 2.05) is 13.0 Å². The van der Waals surface area contributed by atoms with Crippen LogP contribution in [0.2, 0.25) is 0 Å². The highest BCUT2D eigenvalue weighted by Gasteiger charge is 1.75. The van der Waals surface area contributed by atoms with Crippen molar-refractivity contribution in [3.63, 3.8) is 0 Å². The minimum atomic E-state index is 0.264. The van der Waals surface area contributed by atoms with Gasteiger partial charge in [0.1, 0.15) is 0 Å². The average molecular weight is 212 g/mol. The summed E-state index contributed by atoms with van der Waals surface area (Å²) in [6.07, 6.45) is 2.79. The normalized spacial score (nSPS) is 12.1. The van der Waals surface area contributed by atoms with Crippen LogP contribution in [0, 0.1) is 0 Å². The van der Waals surface area contributed by atoms with Crippen LogP contribution < -0.4 is 0 Å². The molecule has 0 saturated carbocycles. The molecule has 2 heteroatoms. The zero-order chi connectivity index (χ0) is 5.70. The molecule has 0 radical (unpaired) electrons. The predicted molar refractivity (Wildman–Crippen MR) is 39.5 cm³/mol. The van der Waals surface area contributed by atoms with Gasteiger partial charge in [0.15, 0.2) is 0 Å². The molecule has 0 unspecified atom stereocenters. The Morgan fingerprint density at radius 3 is 2.57 bits per heavy atom. The first-order chi connectivity index (χ1) is 3.27. The third-order valence-electron chi connectivity index (χ3n) is 0.555. The van der Waals surface area contributed by atoms with Gasteiger partial charge < -0.3 is 5.11 Å². The first kappa shape index (κ1) is 7.43. The lowest BCUT2D eigenvalue weighted by molar-refractivity contribution is 0.302. The maximum Gasteiger partial charge on any atom is 0.0465 e. The van der Waals surface area contributed by atoms with Crippen molar-refractivity contribution in [2.24, 2.45) is 0 Å². The van der Waals surface area contributed by atoms with E-state index in [-0.39, 0.29) is 6.61 Å². The number of aliphatic hydroxyl groups excluding tert-OH is 1. The molecule has 0 amide bonds. The second-order valence-corrected chi connectivity index (χ2v) is 3.00. The van der Waals surface area contributed by atoms with E-state index in [0.717, 1.165) is 6.42 Å². The lowest BCUT2D eigenvalue weighted by Gasteiger charge is -1.83. The molecule has 0 fully saturated rings. The van der Waals surface area contributed by atoms with Gasteiger partial charge in [-0.2, -0.15) is 0 Å². The molecule has 7 heavy (non-hydrogen) atoms.